The summed E-state index contributed by atoms with van der Waals surface area (Å²) in [5, 5.41) is 18.1. The molecule has 0 spiro atoms. The Balaban J connectivity index is 1.90. The van der Waals surface area contributed by atoms with Gasteiger partial charge in [-0.2, -0.15) is 5.11 Å². The summed E-state index contributed by atoms with van der Waals surface area (Å²) < 4.78 is 5.43. The van der Waals surface area contributed by atoms with Gasteiger partial charge in [-0.25, -0.2) is 0 Å². The molecule has 0 aliphatic carbocycles. The van der Waals surface area contributed by atoms with Crippen LogP contribution >= 0.6 is 0 Å². The van der Waals surface area contributed by atoms with Gasteiger partial charge in [0.15, 0.2) is 5.69 Å². The lowest BCUT2D eigenvalue weighted by Gasteiger charge is -2.02. The summed E-state index contributed by atoms with van der Waals surface area (Å²) in [5.74, 6) is 0.355. The zero-order valence-electron chi connectivity index (χ0n) is 13.4. The molecule has 4 nitrogen and oxygen atoms in total. The highest BCUT2D eigenvalue weighted by molar-refractivity contribution is 5.68. The molecule has 0 aliphatic heterocycles. The predicted molar refractivity (Wildman–Crippen MR) is 90.6 cm³/mol. The van der Waals surface area contributed by atoms with Crippen molar-refractivity contribution in [1.29, 1.82) is 0 Å². The molecule has 0 bridgehead atoms. The molecule has 0 saturated heterocycles. The molecular weight excluding hydrogens is 288 g/mol. The Morgan fingerprint density at radius 3 is 2.22 bits per heavy atom. The Bertz CT molecular complexity index is 862. The Labute approximate surface area is 135 Å². The lowest BCUT2D eigenvalue weighted by Crippen LogP contribution is -1.82. The van der Waals surface area contributed by atoms with E-state index in [4.69, 9.17) is 4.42 Å². The van der Waals surface area contributed by atoms with Crippen molar-refractivity contribution in [1.82, 2.24) is 0 Å². The molecule has 0 saturated carbocycles. The number of hydrogen-bond acceptors (Lipinski definition) is 4. The van der Waals surface area contributed by atoms with Crippen LogP contribution in [0.2, 0.25) is 0 Å². The number of furan rings is 1. The molecule has 1 aromatic heterocycles. The molecule has 1 heterocycles. The quantitative estimate of drug-likeness (QED) is 0.604. The summed E-state index contributed by atoms with van der Waals surface area (Å²) in [6.07, 6.45) is 0. The van der Waals surface area contributed by atoms with Crippen molar-refractivity contribution in [2.45, 2.75) is 20.8 Å². The van der Waals surface area contributed by atoms with E-state index in [-0.39, 0.29) is 5.95 Å². The number of azo groups is 1. The smallest absolute Gasteiger partial charge is 0.311 e. The summed E-state index contributed by atoms with van der Waals surface area (Å²) in [7, 11) is 0. The van der Waals surface area contributed by atoms with Crippen molar-refractivity contribution >= 4 is 11.4 Å². The van der Waals surface area contributed by atoms with Crippen LogP contribution in [-0.2, 0) is 0 Å². The molecule has 23 heavy (non-hydrogen) atoms. The minimum absolute atomic E-state index is 0.226. The largest absolute Gasteiger partial charge is 0.479 e. The second kappa shape index (κ2) is 6.08. The van der Waals surface area contributed by atoms with Crippen molar-refractivity contribution in [2.24, 2.45) is 10.2 Å². The Hall–Kier alpha value is -2.88. The normalized spacial score (nSPS) is 11.3. The first-order chi connectivity index (χ1) is 11.0. The minimum Gasteiger partial charge on any atom is -0.479 e. The Kier molecular flexibility index (Phi) is 3.98. The van der Waals surface area contributed by atoms with Gasteiger partial charge in [0, 0.05) is 11.6 Å². The predicted octanol–water partition coefficient (Wildman–Crippen LogP) is 5.99. The van der Waals surface area contributed by atoms with Gasteiger partial charge in [-0.1, -0.05) is 41.5 Å². The molecule has 0 aliphatic rings. The van der Waals surface area contributed by atoms with E-state index in [0.717, 1.165) is 22.4 Å². The SMILES string of the molecule is Cc1ccc(N=Nc2cc(-c3ccc(C)cc3C)oc2O)cc1. The average Bonchev–Trinajstić information content (AvgIpc) is 2.87. The van der Waals surface area contributed by atoms with E-state index >= 15 is 0 Å². The Morgan fingerprint density at radius 1 is 0.826 bits per heavy atom. The van der Waals surface area contributed by atoms with Gasteiger partial charge in [0.2, 0.25) is 0 Å². The number of benzene rings is 2. The fourth-order valence-electron chi connectivity index (χ4n) is 2.39. The van der Waals surface area contributed by atoms with Crippen LogP contribution in [-0.4, -0.2) is 5.11 Å². The fourth-order valence-corrected chi connectivity index (χ4v) is 2.39. The van der Waals surface area contributed by atoms with E-state index in [1.165, 1.54) is 5.56 Å². The highest BCUT2D eigenvalue weighted by Gasteiger charge is 2.13. The van der Waals surface area contributed by atoms with E-state index in [1.807, 2.05) is 57.2 Å². The van der Waals surface area contributed by atoms with Gasteiger partial charge in [-0.3, -0.25) is 0 Å². The number of aryl methyl sites for hydroxylation is 3. The molecule has 3 rings (SSSR count). The highest BCUT2D eigenvalue weighted by atomic mass is 16.5. The zero-order valence-corrected chi connectivity index (χ0v) is 13.4. The lowest BCUT2D eigenvalue weighted by molar-refractivity contribution is 0.339. The fraction of sp³-hybridized carbons (Fsp3) is 0.158. The van der Waals surface area contributed by atoms with E-state index in [0.29, 0.717) is 11.4 Å². The number of rotatable bonds is 3. The van der Waals surface area contributed by atoms with Gasteiger partial charge in [-0.15, -0.1) is 5.11 Å². The third-order valence-electron chi connectivity index (χ3n) is 3.65. The van der Waals surface area contributed by atoms with Gasteiger partial charge in [0.1, 0.15) is 5.76 Å². The summed E-state index contributed by atoms with van der Waals surface area (Å²) in [4.78, 5) is 0. The van der Waals surface area contributed by atoms with Crippen LogP contribution in [0.1, 0.15) is 16.7 Å². The standard InChI is InChI=1S/C19H18N2O2/c1-12-4-7-15(8-5-12)20-21-17-11-18(23-19(17)22)16-9-6-13(2)10-14(16)3/h4-11,22H,1-3H3. The third-order valence-corrected chi connectivity index (χ3v) is 3.65. The van der Waals surface area contributed by atoms with E-state index in [1.54, 1.807) is 6.07 Å². The first-order valence-corrected chi connectivity index (χ1v) is 7.42. The molecule has 0 unspecified atom stereocenters. The van der Waals surface area contributed by atoms with Gasteiger partial charge in [0.05, 0.1) is 5.69 Å². The topological polar surface area (TPSA) is 58.1 Å². The summed E-state index contributed by atoms with van der Waals surface area (Å²) in [6.45, 7) is 6.06. The monoisotopic (exact) mass is 306 g/mol. The van der Waals surface area contributed by atoms with Crippen molar-refractivity contribution in [2.75, 3.05) is 0 Å². The summed E-state index contributed by atoms with van der Waals surface area (Å²) in [6, 6.07) is 15.4. The number of hydrogen-bond donors (Lipinski definition) is 1. The van der Waals surface area contributed by atoms with Crippen LogP contribution in [0, 0.1) is 20.8 Å². The second-order valence-electron chi connectivity index (χ2n) is 5.65. The zero-order chi connectivity index (χ0) is 16.4. The van der Waals surface area contributed by atoms with E-state index < -0.39 is 0 Å². The van der Waals surface area contributed by atoms with Crippen LogP contribution in [0.4, 0.5) is 11.4 Å². The maximum atomic E-state index is 9.94. The van der Waals surface area contributed by atoms with Crippen LogP contribution < -0.4 is 0 Å². The van der Waals surface area contributed by atoms with Crippen molar-refractivity contribution in [3.63, 3.8) is 0 Å². The van der Waals surface area contributed by atoms with Crippen molar-refractivity contribution in [3.05, 3.63) is 65.2 Å². The first kappa shape index (κ1) is 15.0. The molecule has 116 valence electrons. The van der Waals surface area contributed by atoms with E-state index in [9.17, 15) is 5.11 Å². The van der Waals surface area contributed by atoms with Crippen LogP contribution in [0.3, 0.4) is 0 Å². The molecular formula is C19H18N2O2. The maximum Gasteiger partial charge on any atom is 0.311 e. The minimum atomic E-state index is -0.226. The van der Waals surface area contributed by atoms with Crippen LogP contribution in [0.15, 0.2) is 63.2 Å². The van der Waals surface area contributed by atoms with Gasteiger partial charge < -0.3 is 9.52 Å². The number of aromatic hydroxyl groups is 1. The Morgan fingerprint density at radius 2 is 1.52 bits per heavy atom. The summed E-state index contributed by atoms with van der Waals surface area (Å²) in [5.41, 5.74) is 5.40. The van der Waals surface area contributed by atoms with Gasteiger partial charge in [-0.05, 0) is 38.5 Å². The third kappa shape index (κ3) is 3.31. The lowest BCUT2D eigenvalue weighted by atomic mass is 10.0. The number of nitrogens with zero attached hydrogens (tertiary/aromatic N) is 2. The van der Waals surface area contributed by atoms with E-state index in [2.05, 4.69) is 16.3 Å². The average molecular weight is 306 g/mol. The molecule has 4 heteroatoms. The first-order valence-electron chi connectivity index (χ1n) is 7.42. The van der Waals surface area contributed by atoms with Crippen molar-refractivity contribution < 1.29 is 9.52 Å². The molecule has 0 atom stereocenters. The summed E-state index contributed by atoms with van der Waals surface area (Å²) >= 11 is 0. The van der Waals surface area contributed by atoms with Crippen molar-refractivity contribution in [3.8, 4) is 17.3 Å². The highest BCUT2D eigenvalue weighted by Crippen LogP contribution is 2.37. The van der Waals surface area contributed by atoms with Crippen LogP contribution in [0.5, 0.6) is 5.95 Å². The molecule has 1 N–H and O–H groups in total. The molecule has 0 radical (unpaired) electrons. The molecule has 0 amide bonds. The molecule has 0 fully saturated rings. The van der Waals surface area contributed by atoms with Gasteiger partial charge >= 0.3 is 5.95 Å². The molecule has 3 aromatic rings. The second-order valence-corrected chi connectivity index (χ2v) is 5.65. The van der Waals surface area contributed by atoms with Crippen LogP contribution in [0.25, 0.3) is 11.3 Å². The van der Waals surface area contributed by atoms with Gasteiger partial charge in [0.25, 0.3) is 0 Å². The molecule has 2 aromatic carbocycles. The maximum absolute atomic E-state index is 9.94.